The van der Waals surface area contributed by atoms with Crippen LogP contribution in [0.3, 0.4) is 0 Å². The highest BCUT2D eigenvalue weighted by Gasteiger charge is 1.38. The van der Waals surface area contributed by atoms with Crippen molar-refractivity contribution < 1.29 is 0 Å². The summed E-state index contributed by atoms with van der Waals surface area (Å²) in [4.78, 5) is 0. The third-order valence-electron chi connectivity index (χ3n) is 0.112. The Bertz CT molecular complexity index is 33.0. The molecule has 0 N–H and O–H groups in total. The second-order valence-electron chi connectivity index (χ2n) is 0.408. The fourth-order valence-corrected chi connectivity index (χ4v) is 0. The Morgan fingerprint density at radius 1 is 2.00 bits per heavy atom. The lowest BCUT2D eigenvalue weighted by Gasteiger charge is -1.60. The van der Waals surface area contributed by atoms with Gasteiger partial charge in [-0.1, -0.05) is 6.42 Å². The van der Waals surface area contributed by atoms with Gasteiger partial charge in [0.05, 0.1) is 0 Å². The third-order valence-corrected chi connectivity index (χ3v) is 0.112. The summed E-state index contributed by atoms with van der Waals surface area (Å²) in [7, 11) is 0. The Balaban J connectivity index is 2.43. The first-order valence-electron chi connectivity index (χ1n) is 1.08. The molecule has 4 heavy (non-hydrogen) atoms. The van der Waals surface area contributed by atoms with Crippen molar-refractivity contribution in [3.05, 3.63) is 6.92 Å². The van der Waals surface area contributed by atoms with Crippen LogP contribution in [0, 0.1) is 18.3 Å². The van der Waals surface area contributed by atoms with E-state index >= 15 is 0 Å². The lowest BCUT2D eigenvalue weighted by Crippen LogP contribution is -1.39. The molecular formula is C3H4N-. The summed E-state index contributed by atoms with van der Waals surface area (Å²) >= 11 is 0. The summed E-state index contributed by atoms with van der Waals surface area (Å²) in [6.07, 6.45) is 0.375. The SMILES string of the molecule is [CH2-]CC#N. The molecule has 0 rings (SSSR count). The van der Waals surface area contributed by atoms with Crippen molar-refractivity contribution in [3.8, 4) is 6.07 Å². The van der Waals surface area contributed by atoms with Crippen LogP contribution >= 0.6 is 0 Å². The quantitative estimate of drug-likeness (QED) is 0.374. The van der Waals surface area contributed by atoms with Gasteiger partial charge in [-0.05, 0) is 0 Å². The van der Waals surface area contributed by atoms with Crippen LogP contribution in [-0.4, -0.2) is 0 Å². The molecule has 0 aliphatic heterocycles. The highest BCUT2D eigenvalue weighted by molar-refractivity contribution is 4.68. The van der Waals surface area contributed by atoms with E-state index in [1.165, 1.54) is 0 Å². The number of rotatable bonds is 0. The van der Waals surface area contributed by atoms with Crippen molar-refractivity contribution in [2.24, 2.45) is 0 Å². The van der Waals surface area contributed by atoms with Gasteiger partial charge in [0, 0.05) is 6.07 Å². The van der Waals surface area contributed by atoms with E-state index in [0.29, 0.717) is 6.42 Å². The lowest BCUT2D eigenvalue weighted by atomic mass is 10.6. The van der Waals surface area contributed by atoms with Crippen LogP contribution in [-0.2, 0) is 0 Å². The third kappa shape index (κ3) is 1.49. The lowest BCUT2D eigenvalue weighted by molar-refractivity contribution is 1.36. The predicted octanol–water partition coefficient (Wildman–Crippen LogP) is 0.734. The Morgan fingerprint density at radius 3 is 2.25 bits per heavy atom. The number of nitriles is 1. The fourth-order valence-electron chi connectivity index (χ4n) is 0. The van der Waals surface area contributed by atoms with Gasteiger partial charge in [-0.25, -0.2) is 5.26 Å². The second kappa shape index (κ2) is 2.49. The van der Waals surface area contributed by atoms with Crippen LogP contribution < -0.4 is 0 Å². The Labute approximate surface area is 25.9 Å². The molecule has 0 saturated heterocycles. The second-order valence-corrected chi connectivity index (χ2v) is 0.408. The summed E-state index contributed by atoms with van der Waals surface area (Å²) in [5.41, 5.74) is 0. The molecule has 0 aliphatic rings. The molecule has 1 nitrogen and oxygen atoms in total. The Kier molecular flexibility index (Phi) is 2.17. The minimum Gasteiger partial charge on any atom is -0.330 e. The molecular weight excluding hydrogens is 50.0 g/mol. The van der Waals surface area contributed by atoms with Crippen LogP contribution in [0.25, 0.3) is 0 Å². The zero-order valence-electron chi connectivity index (χ0n) is 2.36. The van der Waals surface area contributed by atoms with Crippen molar-refractivity contribution in [2.75, 3.05) is 0 Å². The van der Waals surface area contributed by atoms with Crippen molar-refractivity contribution >= 4 is 0 Å². The van der Waals surface area contributed by atoms with Crippen LogP contribution in [0.2, 0.25) is 0 Å². The number of nitrogens with zero attached hydrogens (tertiary/aromatic N) is 1. The Morgan fingerprint density at radius 2 is 2.25 bits per heavy atom. The number of hydrogen-bond donors (Lipinski definition) is 0. The van der Waals surface area contributed by atoms with Crippen LogP contribution in [0.15, 0.2) is 0 Å². The minimum absolute atomic E-state index is 0.375. The fraction of sp³-hybridized carbons (Fsp3) is 0.333. The normalized spacial score (nSPS) is 5.00. The van der Waals surface area contributed by atoms with E-state index in [2.05, 4.69) is 6.92 Å². The highest BCUT2D eigenvalue weighted by Crippen LogP contribution is 1.56. The molecule has 1 heteroatoms. The van der Waals surface area contributed by atoms with Gasteiger partial charge in [0.25, 0.3) is 0 Å². The van der Waals surface area contributed by atoms with E-state index in [9.17, 15) is 0 Å². The van der Waals surface area contributed by atoms with Crippen molar-refractivity contribution in [3.63, 3.8) is 0 Å². The molecule has 0 spiro atoms. The summed E-state index contributed by atoms with van der Waals surface area (Å²) in [5, 5.41) is 7.56. The van der Waals surface area contributed by atoms with E-state index in [0.717, 1.165) is 0 Å². The van der Waals surface area contributed by atoms with Gasteiger partial charge in [0.1, 0.15) is 0 Å². The predicted molar refractivity (Wildman–Crippen MR) is 15.6 cm³/mol. The van der Waals surface area contributed by atoms with Crippen LogP contribution in [0.1, 0.15) is 6.42 Å². The maximum absolute atomic E-state index is 7.56. The maximum Gasteiger partial charge on any atom is 0.0292 e. The molecule has 0 unspecified atom stereocenters. The molecule has 0 saturated carbocycles. The van der Waals surface area contributed by atoms with Gasteiger partial charge in [-0.2, -0.15) is 0 Å². The van der Waals surface area contributed by atoms with E-state index in [1.54, 1.807) is 0 Å². The van der Waals surface area contributed by atoms with Crippen molar-refractivity contribution in [1.82, 2.24) is 0 Å². The first kappa shape index (κ1) is 3.49. The molecule has 0 fully saturated rings. The molecule has 0 radical (unpaired) electrons. The first-order chi connectivity index (χ1) is 1.91. The van der Waals surface area contributed by atoms with E-state index in [4.69, 9.17) is 5.26 Å². The molecule has 0 aromatic carbocycles. The number of hydrogen-bond acceptors (Lipinski definition) is 1. The van der Waals surface area contributed by atoms with E-state index < -0.39 is 0 Å². The first-order valence-corrected chi connectivity index (χ1v) is 1.08. The van der Waals surface area contributed by atoms with Gasteiger partial charge in [0.15, 0.2) is 0 Å². The molecule has 0 aromatic heterocycles. The molecule has 0 aromatic rings. The monoisotopic (exact) mass is 54.0 g/mol. The molecule has 22 valence electrons. The van der Waals surface area contributed by atoms with Gasteiger partial charge < -0.3 is 6.92 Å². The van der Waals surface area contributed by atoms with Gasteiger partial charge in [-0.3, -0.25) is 0 Å². The average molecular weight is 54.1 g/mol. The molecule has 0 aliphatic carbocycles. The molecule has 0 heterocycles. The summed E-state index contributed by atoms with van der Waals surface area (Å²) in [5.74, 6) is 0. The standard InChI is InChI=1S/C3H4N/c1-2-3-4/h1-2H2/q-1. The van der Waals surface area contributed by atoms with Gasteiger partial charge in [0.2, 0.25) is 0 Å². The molecule has 0 atom stereocenters. The smallest absolute Gasteiger partial charge is 0.0292 e. The molecule has 0 amide bonds. The van der Waals surface area contributed by atoms with Gasteiger partial charge >= 0.3 is 0 Å². The zero-order valence-corrected chi connectivity index (χ0v) is 2.36. The minimum atomic E-state index is 0.375. The largest absolute Gasteiger partial charge is 0.330 e. The average Bonchev–Trinajstić information content (AvgIpc) is 1.37. The summed E-state index contributed by atoms with van der Waals surface area (Å²) < 4.78 is 0. The summed E-state index contributed by atoms with van der Waals surface area (Å²) in [6, 6.07) is 1.82. The van der Waals surface area contributed by atoms with Crippen molar-refractivity contribution in [1.29, 1.82) is 5.26 Å². The zero-order chi connectivity index (χ0) is 3.41. The maximum atomic E-state index is 7.56. The summed E-state index contributed by atoms with van der Waals surface area (Å²) in [6.45, 7) is 3.24. The highest BCUT2D eigenvalue weighted by atomic mass is 14.2. The molecule has 0 bridgehead atoms. The van der Waals surface area contributed by atoms with E-state index in [1.807, 2.05) is 6.07 Å². The Hall–Kier alpha value is -0.510. The van der Waals surface area contributed by atoms with E-state index in [-0.39, 0.29) is 0 Å². The van der Waals surface area contributed by atoms with Crippen LogP contribution in [0.4, 0.5) is 0 Å². The topological polar surface area (TPSA) is 23.8 Å². The van der Waals surface area contributed by atoms with Gasteiger partial charge in [-0.15, -0.1) is 0 Å². The van der Waals surface area contributed by atoms with Crippen molar-refractivity contribution in [2.45, 2.75) is 6.42 Å². The van der Waals surface area contributed by atoms with Crippen LogP contribution in [0.5, 0.6) is 0 Å².